The summed E-state index contributed by atoms with van der Waals surface area (Å²) in [4.78, 5) is 2.31. The van der Waals surface area contributed by atoms with Crippen LogP contribution in [0.3, 0.4) is 0 Å². The first-order valence-electron chi connectivity index (χ1n) is 7.81. The third-order valence-corrected chi connectivity index (χ3v) is 4.54. The van der Waals surface area contributed by atoms with E-state index >= 15 is 0 Å². The quantitative estimate of drug-likeness (QED) is 0.795. The average Bonchev–Trinajstić information content (AvgIpc) is 3.31. The standard InChI is InChI=1S/C17H27FN2O/c1-12(19-3)17-15(18)6-5-7-16(17)20(10-11-21-4)13(2)14-8-9-14/h5-7,12-14,19H,8-11H2,1-4H3. The number of hydrogen-bond donors (Lipinski definition) is 1. The average molecular weight is 294 g/mol. The minimum atomic E-state index is -0.139. The van der Waals surface area contributed by atoms with E-state index in [-0.39, 0.29) is 11.9 Å². The molecular formula is C17H27FN2O. The highest BCUT2D eigenvalue weighted by Gasteiger charge is 2.33. The fraction of sp³-hybridized carbons (Fsp3) is 0.647. The van der Waals surface area contributed by atoms with E-state index in [4.69, 9.17) is 4.74 Å². The van der Waals surface area contributed by atoms with Crippen LogP contribution in [0.2, 0.25) is 0 Å². The summed E-state index contributed by atoms with van der Waals surface area (Å²) in [5, 5.41) is 3.16. The van der Waals surface area contributed by atoms with Crippen LogP contribution in [0.5, 0.6) is 0 Å². The third kappa shape index (κ3) is 3.74. The molecule has 3 nitrogen and oxygen atoms in total. The van der Waals surface area contributed by atoms with Crippen molar-refractivity contribution in [3.05, 3.63) is 29.6 Å². The number of halogens is 1. The predicted molar refractivity (Wildman–Crippen MR) is 85.3 cm³/mol. The zero-order valence-electron chi connectivity index (χ0n) is 13.5. The van der Waals surface area contributed by atoms with Gasteiger partial charge in [0, 0.05) is 37.0 Å². The van der Waals surface area contributed by atoms with Gasteiger partial charge < -0.3 is 15.0 Å². The van der Waals surface area contributed by atoms with Gasteiger partial charge in [-0.25, -0.2) is 4.39 Å². The van der Waals surface area contributed by atoms with Crippen LogP contribution >= 0.6 is 0 Å². The Morgan fingerprint density at radius 1 is 1.38 bits per heavy atom. The minimum Gasteiger partial charge on any atom is -0.383 e. The summed E-state index contributed by atoms with van der Waals surface area (Å²) in [6, 6.07) is 5.78. The highest BCUT2D eigenvalue weighted by molar-refractivity contribution is 5.56. The van der Waals surface area contributed by atoms with Crippen molar-refractivity contribution in [2.45, 2.75) is 38.8 Å². The molecule has 0 saturated heterocycles. The van der Waals surface area contributed by atoms with E-state index in [1.54, 1.807) is 19.2 Å². The normalized spacial score (nSPS) is 17.6. The molecule has 0 aromatic heterocycles. The summed E-state index contributed by atoms with van der Waals surface area (Å²) in [5.74, 6) is 0.586. The maximum absolute atomic E-state index is 14.4. The number of nitrogens with one attached hydrogen (secondary N) is 1. The number of rotatable bonds is 8. The Morgan fingerprint density at radius 3 is 2.67 bits per heavy atom. The summed E-state index contributed by atoms with van der Waals surface area (Å²) in [5.41, 5.74) is 1.75. The second-order valence-electron chi connectivity index (χ2n) is 5.95. The maximum Gasteiger partial charge on any atom is 0.130 e. The van der Waals surface area contributed by atoms with Gasteiger partial charge in [-0.3, -0.25) is 0 Å². The molecule has 0 spiro atoms. The van der Waals surface area contributed by atoms with E-state index in [2.05, 4.69) is 17.1 Å². The lowest BCUT2D eigenvalue weighted by molar-refractivity contribution is 0.202. The Labute approximate surface area is 127 Å². The summed E-state index contributed by atoms with van der Waals surface area (Å²) in [6.07, 6.45) is 2.55. The first-order valence-corrected chi connectivity index (χ1v) is 7.81. The van der Waals surface area contributed by atoms with Crippen molar-refractivity contribution in [2.75, 3.05) is 32.2 Å². The fourth-order valence-corrected chi connectivity index (χ4v) is 2.92. The molecule has 1 aliphatic carbocycles. The van der Waals surface area contributed by atoms with Crippen molar-refractivity contribution >= 4 is 5.69 Å². The van der Waals surface area contributed by atoms with E-state index in [9.17, 15) is 4.39 Å². The van der Waals surface area contributed by atoms with Crippen LogP contribution in [0.25, 0.3) is 0 Å². The van der Waals surface area contributed by atoms with Crippen molar-refractivity contribution in [1.82, 2.24) is 5.32 Å². The Morgan fingerprint density at radius 2 is 2.10 bits per heavy atom. The smallest absolute Gasteiger partial charge is 0.130 e. The van der Waals surface area contributed by atoms with Gasteiger partial charge in [0.1, 0.15) is 5.82 Å². The molecule has 2 rings (SSSR count). The van der Waals surface area contributed by atoms with E-state index in [1.807, 2.05) is 20.0 Å². The van der Waals surface area contributed by atoms with E-state index < -0.39 is 0 Å². The predicted octanol–water partition coefficient (Wildman–Crippen LogP) is 3.36. The Hall–Kier alpha value is -1.13. The van der Waals surface area contributed by atoms with Gasteiger partial charge in [0.25, 0.3) is 0 Å². The van der Waals surface area contributed by atoms with Crippen LogP contribution in [-0.4, -0.2) is 33.4 Å². The molecule has 1 N–H and O–H groups in total. The topological polar surface area (TPSA) is 24.5 Å². The molecule has 0 heterocycles. The molecular weight excluding hydrogens is 267 g/mol. The second kappa shape index (κ2) is 7.23. The lowest BCUT2D eigenvalue weighted by Gasteiger charge is -2.34. The molecule has 1 aliphatic rings. The first kappa shape index (κ1) is 16.2. The number of nitrogens with zero attached hydrogens (tertiary/aromatic N) is 1. The Bertz CT molecular complexity index is 462. The summed E-state index contributed by atoms with van der Waals surface area (Å²) in [7, 11) is 3.58. The van der Waals surface area contributed by atoms with Gasteiger partial charge in [-0.1, -0.05) is 6.07 Å². The molecule has 1 aromatic rings. The lowest BCUT2D eigenvalue weighted by atomic mass is 10.0. The third-order valence-electron chi connectivity index (χ3n) is 4.54. The largest absolute Gasteiger partial charge is 0.383 e. The monoisotopic (exact) mass is 294 g/mol. The van der Waals surface area contributed by atoms with E-state index in [0.717, 1.165) is 23.7 Å². The molecule has 0 aliphatic heterocycles. The molecule has 1 saturated carbocycles. The van der Waals surface area contributed by atoms with Gasteiger partial charge in [0.05, 0.1) is 6.61 Å². The lowest BCUT2D eigenvalue weighted by Crippen LogP contribution is -2.38. The number of ether oxygens (including phenoxy) is 1. The van der Waals surface area contributed by atoms with Crippen molar-refractivity contribution in [2.24, 2.45) is 5.92 Å². The molecule has 0 bridgehead atoms. The van der Waals surface area contributed by atoms with Gasteiger partial charge >= 0.3 is 0 Å². The molecule has 118 valence electrons. The molecule has 0 radical (unpaired) electrons. The molecule has 2 unspecified atom stereocenters. The van der Waals surface area contributed by atoms with Crippen LogP contribution in [0.15, 0.2) is 18.2 Å². The van der Waals surface area contributed by atoms with Gasteiger partial charge in [0.15, 0.2) is 0 Å². The van der Waals surface area contributed by atoms with E-state index in [1.165, 1.54) is 12.8 Å². The van der Waals surface area contributed by atoms with Gasteiger partial charge in [0.2, 0.25) is 0 Å². The molecule has 0 amide bonds. The van der Waals surface area contributed by atoms with E-state index in [0.29, 0.717) is 12.6 Å². The highest BCUT2D eigenvalue weighted by atomic mass is 19.1. The van der Waals surface area contributed by atoms with Crippen LogP contribution in [0.4, 0.5) is 10.1 Å². The molecule has 1 aromatic carbocycles. The molecule has 2 atom stereocenters. The SMILES string of the molecule is CNC(C)c1c(F)cccc1N(CCOC)C(C)C1CC1. The Kier molecular flexibility index (Phi) is 5.59. The summed E-state index contributed by atoms with van der Waals surface area (Å²) < 4.78 is 19.6. The van der Waals surface area contributed by atoms with Gasteiger partial charge in [-0.15, -0.1) is 0 Å². The number of benzene rings is 1. The number of hydrogen-bond acceptors (Lipinski definition) is 3. The van der Waals surface area contributed by atoms with Crippen LogP contribution in [-0.2, 0) is 4.74 Å². The summed E-state index contributed by atoms with van der Waals surface area (Å²) >= 11 is 0. The molecule has 1 fully saturated rings. The molecule has 21 heavy (non-hydrogen) atoms. The van der Waals surface area contributed by atoms with Crippen molar-refractivity contribution in [1.29, 1.82) is 0 Å². The van der Waals surface area contributed by atoms with Crippen molar-refractivity contribution in [3.8, 4) is 0 Å². The van der Waals surface area contributed by atoms with Crippen LogP contribution in [0.1, 0.15) is 38.3 Å². The zero-order valence-corrected chi connectivity index (χ0v) is 13.5. The maximum atomic E-state index is 14.4. The fourth-order valence-electron chi connectivity index (χ4n) is 2.92. The van der Waals surface area contributed by atoms with Gasteiger partial charge in [-0.05, 0) is 51.8 Å². The van der Waals surface area contributed by atoms with Crippen molar-refractivity contribution < 1.29 is 9.13 Å². The van der Waals surface area contributed by atoms with Crippen molar-refractivity contribution in [3.63, 3.8) is 0 Å². The van der Waals surface area contributed by atoms with Crippen LogP contribution in [0, 0.1) is 11.7 Å². The van der Waals surface area contributed by atoms with Gasteiger partial charge in [-0.2, -0.15) is 0 Å². The minimum absolute atomic E-state index is 0.0161. The highest BCUT2D eigenvalue weighted by Crippen LogP contribution is 2.39. The number of methoxy groups -OCH3 is 1. The van der Waals surface area contributed by atoms with Crippen LogP contribution < -0.4 is 10.2 Å². The Balaban J connectivity index is 2.35. The number of anilines is 1. The first-order chi connectivity index (χ1) is 10.1. The molecule has 4 heteroatoms. The zero-order chi connectivity index (χ0) is 15.4. The summed E-state index contributed by atoms with van der Waals surface area (Å²) in [6.45, 7) is 5.69. The second-order valence-corrected chi connectivity index (χ2v) is 5.95.